The number of hydrogen-bond acceptors (Lipinski definition) is 6. The molecular weight excluding hydrogens is 472 g/mol. The van der Waals surface area contributed by atoms with Crippen molar-refractivity contribution in [1.29, 1.82) is 0 Å². The number of anilines is 2. The standard InChI is InChI=1S/C29H20N2O4S/c32-26(21-11-5-15-35-21)24-25(27(33)22-12-6-16-36-22)31-20-10-4-1-7-17(20)13-14-23(31)29(24)18-8-2-3-9-19(18)30-28(29)34/h1-16,23-25H,(H,30,34)/t23-,24-,25+,29-/m1/s1. The lowest BCUT2D eigenvalue weighted by Crippen LogP contribution is -2.51. The van der Waals surface area contributed by atoms with E-state index < -0.39 is 23.4 Å². The quantitative estimate of drug-likeness (QED) is 0.396. The predicted molar refractivity (Wildman–Crippen MR) is 137 cm³/mol. The third-order valence-electron chi connectivity index (χ3n) is 7.62. The molecule has 0 bridgehead atoms. The van der Waals surface area contributed by atoms with Gasteiger partial charge in [-0.3, -0.25) is 14.4 Å². The average molecular weight is 493 g/mol. The Morgan fingerprint density at radius 2 is 1.78 bits per heavy atom. The van der Waals surface area contributed by atoms with Gasteiger partial charge in [0.15, 0.2) is 11.5 Å². The fraction of sp³-hybridized carbons (Fsp3) is 0.138. The molecule has 0 aliphatic carbocycles. The smallest absolute Gasteiger partial charge is 0.238 e. The summed E-state index contributed by atoms with van der Waals surface area (Å²) in [5, 5.41) is 4.87. The summed E-state index contributed by atoms with van der Waals surface area (Å²) in [6.45, 7) is 0. The van der Waals surface area contributed by atoms with E-state index in [0.29, 0.717) is 10.6 Å². The molecule has 6 nitrogen and oxygen atoms in total. The zero-order valence-electron chi connectivity index (χ0n) is 19.0. The molecule has 5 heterocycles. The van der Waals surface area contributed by atoms with Crippen LogP contribution in [-0.2, 0) is 10.2 Å². The van der Waals surface area contributed by atoms with E-state index in [4.69, 9.17) is 4.42 Å². The van der Waals surface area contributed by atoms with Crippen LogP contribution >= 0.6 is 11.3 Å². The second-order valence-corrected chi connectivity index (χ2v) is 10.2. The molecule has 3 aliphatic rings. The molecule has 7 heteroatoms. The summed E-state index contributed by atoms with van der Waals surface area (Å²) in [5.74, 6) is -1.70. The lowest BCUT2D eigenvalue weighted by atomic mass is 9.64. The summed E-state index contributed by atoms with van der Waals surface area (Å²) in [6.07, 6.45) is 5.39. The first kappa shape index (κ1) is 21.1. The normalized spacial score (nSPS) is 25.4. The first-order chi connectivity index (χ1) is 17.6. The highest BCUT2D eigenvalue weighted by Crippen LogP contribution is 2.58. The molecule has 1 amide bonds. The zero-order valence-corrected chi connectivity index (χ0v) is 19.8. The first-order valence-corrected chi connectivity index (χ1v) is 12.6. The molecule has 1 saturated heterocycles. The fourth-order valence-corrected chi connectivity index (χ4v) is 6.95. The van der Waals surface area contributed by atoms with Crippen molar-refractivity contribution in [2.24, 2.45) is 5.92 Å². The van der Waals surface area contributed by atoms with Crippen LogP contribution in [0.25, 0.3) is 6.08 Å². The zero-order chi connectivity index (χ0) is 24.4. The summed E-state index contributed by atoms with van der Waals surface area (Å²) in [7, 11) is 0. The minimum Gasteiger partial charge on any atom is -0.461 e. The Balaban J connectivity index is 1.55. The van der Waals surface area contributed by atoms with Gasteiger partial charge in [0.1, 0.15) is 11.5 Å². The molecule has 7 rings (SSSR count). The molecule has 36 heavy (non-hydrogen) atoms. The molecule has 2 aromatic carbocycles. The number of carbonyl (C=O) groups excluding carboxylic acids is 3. The number of furan rings is 1. The van der Waals surface area contributed by atoms with E-state index in [0.717, 1.165) is 16.8 Å². The molecule has 176 valence electrons. The highest BCUT2D eigenvalue weighted by molar-refractivity contribution is 7.12. The van der Waals surface area contributed by atoms with Crippen molar-refractivity contribution in [2.75, 3.05) is 10.2 Å². The Hall–Kier alpha value is -4.23. The maximum absolute atomic E-state index is 14.3. The molecule has 1 spiro atoms. The summed E-state index contributed by atoms with van der Waals surface area (Å²) >= 11 is 1.34. The van der Waals surface area contributed by atoms with Crippen LogP contribution in [0.3, 0.4) is 0 Å². The minimum atomic E-state index is -1.32. The number of nitrogens with zero attached hydrogens (tertiary/aromatic N) is 1. The van der Waals surface area contributed by atoms with Crippen LogP contribution in [0.4, 0.5) is 11.4 Å². The van der Waals surface area contributed by atoms with E-state index in [1.165, 1.54) is 17.6 Å². The van der Waals surface area contributed by atoms with Crippen LogP contribution < -0.4 is 10.2 Å². The Morgan fingerprint density at radius 3 is 2.58 bits per heavy atom. The molecule has 1 N–H and O–H groups in total. The van der Waals surface area contributed by atoms with Gasteiger partial charge in [-0.05, 0) is 46.8 Å². The van der Waals surface area contributed by atoms with E-state index in [9.17, 15) is 14.4 Å². The van der Waals surface area contributed by atoms with Crippen LogP contribution in [0.1, 0.15) is 31.4 Å². The number of Topliss-reactive ketones (excluding diaryl/α,β-unsaturated/α-hetero) is 2. The minimum absolute atomic E-state index is 0.137. The van der Waals surface area contributed by atoms with E-state index in [1.807, 2.05) is 77.0 Å². The number of nitrogens with one attached hydrogen (secondary N) is 1. The van der Waals surface area contributed by atoms with Crippen molar-refractivity contribution in [3.05, 3.63) is 112 Å². The third kappa shape index (κ3) is 2.63. The van der Waals surface area contributed by atoms with Gasteiger partial charge in [-0.1, -0.05) is 54.6 Å². The second-order valence-electron chi connectivity index (χ2n) is 9.24. The molecule has 4 atom stereocenters. The van der Waals surface area contributed by atoms with E-state index in [2.05, 4.69) is 5.32 Å². The molecule has 2 aromatic heterocycles. The van der Waals surface area contributed by atoms with Gasteiger partial charge >= 0.3 is 0 Å². The molecule has 3 aliphatic heterocycles. The number of fused-ring (bicyclic) bond motifs is 6. The molecule has 4 aromatic rings. The number of amides is 1. The molecule has 0 saturated carbocycles. The first-order valence-electron chi connectivity index (χ1n) is 11.7. The van der Waals surface area contributed by atoms with Gasteiger partial charge in [-0.15, -0.1) is 11.3 Å². The summed E-state index contributed by atoms with van der Waals surface area (Å²) in [5.41, 5.74) is 1.83. The Morgan fingerprint density at radius 1 is 0.944 bits per heavy atom. The van der Waals surface area contributed by atoms with Crippen molar-refractivity contribution in [3.63, 3.8) is 0 Å². The average Bonchev–Trinajstić information content (AvgIpc) is 3.70. The number of para-hydroxylation sites is 2. The van der Waals surface area contributed by atoms with Gasteiger partial charge in [0.25, 0.3) is 0 Å². The summed E-state index contributed by atoms with van der Waals surface area (Å²) in [4.78, 5) is 45.2. The van der Waals surface area contributed by atoms with Gasteiger partial charge in [0.05, 0.1) is 23.1 Å². The van der Waals surface area contributed by atoms with Crippen molar-refractivity contribution in [1.82, 2.24) is 0 Å². The Labute approximate surface area is 210 Å². The second kappa shape index (κ2) is 7.63. The fourth-order valence-electron chi connectivity index (χ4n) is 6.26. The van der Waals surface area contributed by atoms with Gasteiger partial charge in [0.2, 0.25) is 11.7 Å². The highest BCUT2D eigenvalue weighted by Gasteiger charge is 2.70. The van der Waals surface area contributed by atoms with Crippen LogP contribution in [0, 0.1) is 5.92 Å². The van der Waals surface area contributed by atoms with E-state index in [1.54, 1.807) is 18.2 Å². The number of hydrogen-bond donors (Lipinski definition) is 1. The van der Waals surface area contributed by atoms with Gasteiger partial charge < -0.3 is 14.6 Å². The van der Waals surface area contributed by atoms with Crippen LogP contribution in [0.2, 0.25) is 0 Å². The van der Waals surface area contributed by atoms with Gasteiger partial charge in [-0.25, -0.2) is 0 Å². The number of ketones is 2. The monoisotopic (exact) mass is 492 g/mol. The van der Waals surface area contributed by atoms with Crippen molar-refractivity contribution >= 4 is 46.3 Å². The number of carbonyl (C=O) groups is 3. The van der Waals surface area contributed by atoms with E-state index >= 15 is 0 Å². The maximum Gasteiger partial charge on any atom is 0.238 e. The molecule has 0 radical (unpaired) electrons. The van der Waals surface area contributed by atoms with Gasteiger partial charge in [-0.2, -0.15) is 0 Å². The lowest BCUT2D eigenvalue weighted by Gasteiger charge is -2.37. The van der Waals surface area contributed by atoms with Crippen LogP contribution in [-0.4, -0.2) is 29.6 Å². The molecular formula is C29H20N2O4S. The third-order valence-corrected chi connectivity index (χ3v) is 8.51. The predicted octanol–water partition coefficient (Wildman–Crippen LogP) is 5.20. The van der Waals surface area contributed by atoms with Crippen molar-refractivity contribution in [2.45, 2.75) is 17.5 Å². The molecule has 0 unspecified atom stereocenters. The van der Waals surface area contributed by atoms with Gasteiger partial charge in [0, 0.05) is 11.4 Å². The Bertz CT molecular complexity index is 1560. The van der Waals surface area contributed by atoms with Crippen LogP contribution in [0.5, 0.6) is 0 Å². The summed E-state index contributed by atoms with van der Waals surface area (Å²) < 4.78 is 5.55. The maximum atomic E-state index is 14.3. The van der Waals surface area contributed by atoms with E-state index in [-0.39, 0.29) is 23.2 Å². The number of thiophene rings is 1. The Kier molecular flexibility index (Phi) is 4.47. The number of rotatable bonds is 4. The largest absolute Gasteiger partial charge is 0.461 e. The van der Waals surface area contributed by atoms with Crippen LogP contribution in [0.15, 0.2) is 94.9 Å². The topological polar surface area (TPSA) is 79.6 Å². The number of benzene rings is 2. The summed E-state index contributed by atoms with van der Waals surface area (Å²) in [6, 6.07) is 20.6. The lowest BCUT2D eigenvalue weighted by molar-refractivity contribution is -0.121. The SMILES string of the molecule is O=C(c1cccs1)[C@@H]1[C@H](C(=O)c2ccco2)[C@]2(C(=O)Nc3ccccc32)[C@H]2C=Cc3ccccc3N12. The molecule has 1 fully saturated rings. The highest BCUT2D eigenvalue weighted by atomic mass is 32.1. The van der Waals surface area contributed by atoms with Crippen molar-refractivity contribution < 1.29 is 18.8 Å². The van der Waals surface area contributed by atoms with Crippen molar-refractivity contribution in [3.8, 4) is 0 Å².